The van der Waals surface area contributed by atoms with Crippen LogP contribution in [0, 0.1) is 13.8 Å². The third-order valence-corrected chi connectivity index (χ3v) is 5.50. The predicted octanol–water partition coefficient (Wildman–Crippen LogP) is 4.10. The van der Waals surface area contributed by atoms with Gasteiger partial charge in [0.1, 0.15) is 5.82 Å². The number of amides is 1. The van der Waals surface area contributed by atoms with E-state index in [0.29, 0.717) is 18.1 Å². The standard InChI is InChI=1S/C22H23ClN4O/c1-16-14-20(17(2)27(16)19-7-5-6-18(23)15-19)22(28)26-12-10-25(11-13-26)21-8-3-4-9-24-21/h3-9,14-15H,10-13H2,1-2H3. The van der Waals surface area contributed by atoms with Crippen molar-refractivity contribution in [1.29, 1.82) is 0 Å². The van der Waals surface area contributed by atoms with Gasteiger partial charge in [-0.3, -0.25) is 4.79 Å². The Morgan fingerprint density at radius 1 is 1.00 bits per heavy atom. The van der Waals surface area contributed by atoms with Gasteiger partial charge in [0.2, 0.25) is 0 Å². The number of anilines is 1. The first kappa shape index (κ1) is 18.6. The SMILES string of the molecule is Cc1cc(C(=O)N2CCN(c3ccccn3)CC2)c(C)n1-c1cccc(Cl)c1. The largest absolute Gasteiger partial charge is 0.353 e. The number of halogens is 1. The maximum absolute atomic E-state index is 13.2. The molecule has 0 unspecified atom stereocenters. The molecule has 0 saturated carbocycles. The van der Waals surface area contributed by atoms with Crippen molar-refractivity contribution in [2.24, 2.45) is 0 Å². The van der Waals surface area contributed by atoms with Crippen LogP contribution in [0.1, 0.15) is 21.7 Å². The molecule has 3 heterocycles. The molecule has 6 heteroatoms. The fourth-order valence-corrected chi connectivity index (χ4v) is 4.03. The molecule has 28 heavy (non-hydrogen) atoms. The molecular formula is C22H23ClN4O. The highest BCUT2D eigenvalue weighted by molar-refractivity contribution is 6.30. The smallest absolute Gasteiger partial charge is 0.255 e. The van der Waals surface area contributed by atoms with Crippen molar-refractivity contribution in [3.63, 3.8) is 0 Å². The Kier molecular flexibility index (Phi) is 5.09. The van der Waals surface area contributed by atoms with E-state index < -0.39 is 0 Å². The molecule has 1 aliphatic rings. The molecule has 4 rings (SSSR count). The summed E-state index contributed by atoms with van der Waals surface area (Å²) >= 11 is 6.16. The third-order valence-electron chi connectivity index (χ3n) is 5.27. The molecule has 0 atom stereocenters. The summed E-state index contributed by atoms with van der Waals surface area (Å²) in [6.45, 7) is 6.97. The van der Waals surface area contributed by atoms with Crippen LogP contribution in [-0.2, 0) is 0 Å². The van der Waals surface area contributed by atoms with Gasteiger partial charge in [-0.2, -0.15) is 0 Å². The van der Waals surface area contributed by atoms with Crippen LogP contribution in [0.15, 0.2) is 54.7 Å². The second-order valence-electron chi connectivity index (χ2n) is 7.07. The summed E-state index contributed by atoms with van der Waals surface area (Å²) in [4.78, 5) is 21.7. The molecule has 1 saturated heterocycles. The number of pyridine rings is 1. The summed E-state index contributed by atoms with van der Waals surface area (Å²) in [6, 6.07) is 15.6. The molecule has 0 bridgehead atoms. The van der Waals surface area contributed by atoms with Crippen molar-refractivity contribution >= 4 is 23.3 Å². The van der Waals surface area contributed by atoms with Gasteiger partial charge in [-0.25, -0.2) is 4.98 Å². The van der Waals surface area contributed by atoms with Crippen molar-refractivity contribution in [3.05, 3.63) is 76.7 Å². The summed E-state index contributed by atoms with van der Waals surface area (Å²) < 4.78 is 2.09. The van der Waals surface area contributed by atoms with Crippen molar-refractivity contribution in [3.8, 4) is 5.69 Å². The number of hydrogen-bond acceptors (Lipinski definition) is 3. The topological polar surface area (TPSA) is 41.4 Å². The molecule has 2 aromatic heterocycles. The highest BCUT2D eigenvalue weighted by Gasteiger charge is 2.26. The van der Waals surface area contributed by atoms with Crippen LogP contribution in [0.25, 0.3) is 5.69 Å². The van der Waals surface area contributed by atoms with Crippen molar-refractivity contribution in [1.82, 2.24) is 14.5 Å². The molecule has 144 valence electrons. The molecule has 0 N–H and O–H groups in total. The highest BCUT2D eigenvalue weighted by atomic mass is 35.5. The maximum atomic E-state index is 13.2. The quantitative estimate of drug-likeness (QED) is 0.671. The molecule has 1 fully saturated rings. The molecule has 3 aromatic rings. The summed E-state index contributed by atoms with van der Waals surface area (Å²) in [5, 5.41) is 0.684. The fourth-order valence-electron chi connectivity index (χ4n) is 3.84. The van der Waals surface area contributed by atoms with Gasteiger partial charge in [0.05, 0.1) is 5.56 Å². The lowest BCUT2D eigenvalue weighted by molar-refractivity contribution is 0.0746. The molecule has 1 aliphatic heterocycles. The second-order valence-corrected chi connectivity index (χ2v) is 7.50. The second kappa shape index (κ2) is 7.68. The van der Waals surface area contributed by atoms with E-state index in [1.54, 1.807) is 6.20 Å². The van der Waals surface area contributed by atoms with Crippen LogP contribution in [0.4, 0.5) is 5.82 Å². The molecule has 1 aromatic carbocycles. The number of carbonyl (C=O) groups excluding carboxylic acids is 1. The van der Waals surface area contributed by atoms with Crippen LogP contribution in [-0.4, -0.2) is 46.5 Å². The van der Waals surface area contributed by atoms with Gasteiger partial charge in [-0.1, -0.05) is 23.7 Å². The Labute approximate surface area is 170 Å². The van der Waals surface area contributed by atoms with Crippen molar-refractivity contribution in [2.75, 3.05) is 31.1 Å². The molecule has 0 radical (unpaired) electrons. The van der Waals surface area contributed by atoms with E-state index in [1.165, 1.54) is 0 Å². The van der Waals surface area contributed by atoms with E-state index >= 15 is 0 Å². The van der Waals surface area contributed by atoms with Crippen LogP contribution in [0.5, 0.6) is 0 Å². The normalized spacial score (nSPS) is 14.4. The van der Waals surface area contributed by atoms with E-state index in [1.807, 2.05) is 67.3 Å². The Bertz CT molecular complexity index is 991. The number of aromatic nitrogens is 2. The fraction of sp³-hybridized carbons (Fsp3) is 0.273. The van der Waals surface area contributed by atoms with Crippen LogP contribution in [0.3, 0.4) is 0 Å². The van der Waals surface area contributed by atoms with Gasteiger partial charge >= 0.3 is 0 Å². The average molecular weight is 395 g/mol. The molecule has 1 amide bonds. The van der Waals surface area contributed by atoms with E-state index in [0.717, 1.165) is 41.5 Å². The van der Waals surface area contributed by atoms with E-state index in [9.17, 15) is 4.79 Å². The first-order valence-electron chi connectivity index (χ1n) is 9.45. The van der Waals surface area contributed by atoms with Gasteiger partial charge in [0, 0.05) is 54.5 Å². The first-order valence-corrected chi connectivity index (χ1v) is 9.82. The number of benzene rings is 1. The first-order chi connectivity index (χ1) is 13.5. The third kappa shape index (κ3) is 3.50. The molecule has 5 nitrogen and oxygen atoms in total. The molecule has 0 aliphatic carbocycles. The summed E-state index contributed by atoms with van der Waals surface area (Å²) in [6.07, 6.45) is 1.80. The number of nitrogens with zero attached hydrogens (tertiary/aromatic N) is 4. The zero-order chi connectivity index (χ0) is 19.7. The monoisotopic (exact) mass is 394 g/mol. The minimum absolute atomic E-state index is 0.0852. The van der Waals surface area contributed by atoms with E-state index in [4.69, 9.17) is 11.6 Å². The van der Waals surface area contributed by atoms with Crippen LogP contribution in [0.2, 0.25) is 5.02 Å². The Morgan fingerprint density at radius 2 is 1.79 bits per heavy atom. The lowest BCUT2D eigenvalue weighted by Crippen LogP contribution is -2.49. The predicted molar refractivity (Wildman–Crippen MR) is 113 cm³/mol. The molecule has 0 spiro atoms. The highest BCUT2D eigenvalue weighted by Crippen LogP contribution is 2.24. The average Bonchev–Trinajstić information content (AvgIpc) is 3.02. The Morgan fingerprint density at radius 3 is 2.46 bits per heavy atom. The van der Waals surface area contributed by atoms with Gasteiger partial charge in [-0.05, 0) is 50.2 Å². The zero-order valence-corrected chi connectivity index (χ0v) is 16.9. The van der Waals surface area contributed by atoms with Crippen LogP contribution >= 0.6 is 11.6 Å². The van der Waals surface area contributed by atoms with E-state index in [-0.39, 0.29) is 5.91 Å². The summed E-state index contributed by atoms with van der Waals surface area (Å²) in [5.41, 5.74) is 3.69. The van der Waals surface area contributed by atoms with Gasteiger partial charge in [-0.15, -0.1) is 0 Å². The number of aryl methyl sites for hydroxylation is 1. The summed E-state index contributed by atoms with van der Waals surface area (Å²) in [7, 11) is 0. The summed E-state index contributed by atoms with van der Waals surface area (Å²) in [5.74, 6) is 1.05. The Balaban J connectivity index is 1.53. The van der Waals surface area contributed by atoms with Crippen LogP contribution < -0.4 is 4.90 Å². The van der Waals surface area contributed by atoms with Gasteiger partial charge in [0.15, 0.2) is 0 Å². The molecular weight excluding hydrogens is 372 g/mol. The zero-order valence-electron chi connectivity index (χ0n) is 16.1. The van der Waals surface area contributed by atoms with Gasteiger partial charge < -0.3 is 14.4 Å². The minimum Gasteiger partial charge on any atom is -0.353 e. The lowest BCUT2D eigenvalue weighted by Gasteiger charge is -2.35. The number of hydrogen-bond donors (Lipinski definition) is 0. The maximum Gasteiger partial charge on any atom is 0.255 e. The van der Waals surface area contributed by atoms with Crippen molar-refractivity contribution in [2.45, 2.75) is 13.8 Å². The minimum atomic E-state index is 0.0852. The number of rotatable bonds is 3. The van der Waals surface area contributed by atoms with E-state index in [2.05, 4.69) is 14.5 Å². The van der Waals surface area contributed by atoms with Gasteiger partial charge in [0.25, 0.3) is 5.91 Å². The van der Waals surface area contributed by atoms with Crippen molar-refractivity contribution < 1.29 is 4.79 Å². The lowest BCUT2D eigenvalue weighted by atomic mass is 10.2. The number of carbonyl (C=O) groups is 1. The number of piperazine rings is 1. The Hall–Kier alpha value is -2.79.